The summed E-state index contributed by atoms with van der Waals surface area (Å²) in [5.41, 5.74) is 0. The molecule has 2 fully saturated rings. The summed E-state index contributed by atoms with van der Waals surface area (Å²) in [6, 6.07) is 0. The van der Waals surface area contributed by atoms with Crippen molar-refractivity contribution in [1.82, 2.24) is 0 Å². The van der Waals surface area contributed by atoms with E-state index in [0.29, 0.717) is 51.4 Å². The molecule has 0 aromatic heterocycles. The number of carbonyl (C=O) groups is 4. The molecule has 0 bridgehead atoms. The predicted octanol–water partition coefficient (Wildman–Crippen LogP) is 1.92. The van der Waals surface area contributed by atoms with E-state index in [-0.39, 0.29) is 0 Å². The highest BCUT2D eigenvalue weighted by Gasteiger charge is 2.31. The van der Waals surface area contributed by atoms with Crippen LogP contribution in [0.15, 0.2) is 0 Å². The van der Waals surface area contributed by atoms with E-state index < -0.39 is 47.5 Å². The van der Waals surface area contributed by atoms with E-state index in [1.54, 1.807) is 0 Å². The second-order valence-electron chi connectivity index (χ2n) is 6.47. The van der Waals surface area contributed by atoms with Gasteiger partial charge in [0.15, 0.2) is 0 Å². The molecule has 0 unspecified atom stereocenters. The lowest BCUT2D eigenvalue weighted by Gasteiger charge is -2.23. The summed E-state index contributed by atoms with van der Waals surface area (Å²) < 4.78 is 0. The molecule has 0 spiro atoms. The smallest absolute Gasteiger partial charge is 0.306 e. The van der Waals surface area contributed by atoms with Crippen LogP contribution in [0.3, 0.4) is 0 Å². The molecular weight excluding hydrogens is 320 g/mol. The highest BCUT2D eigenvalue weighted by Crippen LogP contribution is 2.29. The molecule has 0 aromatic carbocycles. The van der Waals surface area contributed by atoms with Gasteiger partial charge < -0.3 is 20.4 Å². The van der Waals surface area contributed by atoms with Crippen molar-refractivity contribution in [3.8, 4) is 0 Å². The summed E-state index contributed by atoms with van der Waals surface area (Å²) in [5, 5.41) is 34.6. The average molecular weight is 344 g/mol. The number of carboxylic acids is 4. The Balaban J connectivity index is 0.000000240. The first-order chi connectivity index (χ1) is 11.2. The summed E-state index contributed by atoms with van der Waals surface area (Å²) in [4.78, 5) is 42.1. The van der Waals surface area contributed by atoms with E-state index in [1.165, 1.54) is 0 Å². The maximum Gasteiger partial charge on any atom is 0.306 e. The molecular formula is C16H24O8. The summed E-state index contributed by atoms with van der Waals surface area (Å²) in [7, 11) is 0. The first-order valence-electron chi connectivity index (χ1n) is 8.13. The van der Waals surface area contributed by atoms with Crippen LogP contribution >= 0.6 is 0 Å². The quantitative estimate of drug-likeness (QED) is 0.604. The van der Waals surface area contributed by atoms with Gasteiger partial charge >= 0.3 is 23.9 Å². The van der Waals surface area contributed by atoms with Gasteiger partial charge in [0.05, 0.1) is 23.7 Å². The number of aliphatic carboxylic acids is 4. The van der Waals surface area contributed by atoms with Crippen LogP contribution in [0, 0.1) is 23.7 Å². The van der Waals surface area contributed by atoms with E-state index in [9.17, 15) is 19.2 Å². The standard InChI is InChI=1S/2C8H12O4/c2*9-7(10)5-2-1-3-6(4-5)8(11)12/h2*5-6H,1-4H2,(H,9,10)(H,11,12)/t2*5-,6-/m10/s1. The maximum atomic E-state index is 10.5. The Morgan fingerprint density at radius 1 is 0.500 bits per heavy atom. The fourth-order valence-electron chi connectivity index (χ4n) is 3.28. The van der Waals surface area contributed by atoms with Crippen molar-refractivity contribution < 1.29 is 39.6 Å². The molecule has 0 aliphatic heterocycles. The minimum absolute atomic E-state index is 0.296. The molecule has 4 N–H and O–H groups in total. The molecule has 0 aromatic rings. The third kappa shape index (κ3) is 6.17. The number of rotatable bonds is 4. The van der Waals surface area contributed by atoms with Crippen molar-refractivity contribution in [3.05, 3.63) is 0 Å². The first kappa shape index (κ1) is 19.9. The number of carboxylic acid groups (broad SMARTS) is 4. The van der Waals surface area contributed by atoms with Crippen molar-refractivity contribution in [2.45, 2.75) is 51.4 Å². The summed E-state index contributed by atoms with van der Waals surface area (Å²) >= 11 is 0. The third-order valence-electron chi connectivity index (χ3n) is 4.75. The van der Waals surface area contributed by atoms with Gasteiger partial charge in [0.2, 0.25) is 0 Å². The maximum absolute atomic E-state index is 10.5. The number of hydrogen-bond acceptors (Lipinski definition) is 4. The number of hydrogen-bond donors (Lipinski definition) is 4. The third-order valence-corrected chi connectivity index (χ3v) is 4.75. The molecule has 8 nitrogen and oxygen atoms in total. The van der Waals surface area contributed by atoms with Crippen molar-refractivity contribution in [1.29, 1.82) is 0 Å². The minimum atomic E-state index is -0.860. The van der Waals surface area contributed by atoms with Gasteiger partial charge in [-0.3, -0.25) is 19.2 Å². The highest BCUT2D eigenvalue weighted by atomic mass is 16.4. The van der Waals surface area contributed by atoms with E-state index in [0.717, 1.165) is 0 Å². The molecule has 0 amide bonds. The molecule has 0 saturated heterocycles. The Kier molecular flexibility index (Phi) is 7.67. The Morgan fingerprint density at radius 2 is 0.708 bits per heavy atom. The average Bonchev–Trinajstić information content (AvgIpc) is 2.55. The van der Waals surface area contributed by atoms with Crippen molar-refractivity contribution >= 4 is 23.9 Å². The van der Waals surface area contributed by atoms with E-state index >= 15 is 0 Å². The van der Waals surface area contributed by atoms with Crippen LogP contribution < -0.4 is 0 Å². The molecule has 0 radical (unpaired) electrons. The van der Waals surface area contributed by atoms with Crippen LogP contribution in [0.5, 0.6) is 0 Å². The van der Waals surface area contributed by atoms with Crippen molar-refractivity contribution in [3.63, 3.8) is 0 Å². The Hall–Kier alpha value is -2.12. The highest BCUT2D eigenvalue weighted by molar-refractivity contribution is 5.74. The van der Waals surface area contributed by atoms with Crippen LogP contribution in [0.4, 0.5) is 0 Å². The largest absolute Gasteiger partial charge is 0.481 e. The summed E-state index contributed by atoms with van der Waals surface area (Å²) in [6.07, 6.45) is 4.52. The van der Waals surface area contributed by atoms with Crippen LogP contribution in [0.1, 0.15) is 51.4 Å². The van der Waals surface area contributed by atoms with Gasteiger partial charge in [0.25, 0.3) is 0 Å². The van der Waals surface area contributed by atoms with Crippen LogP contribution in [0.2, 0.25) is 0 Å². The lowest BCUT2D eigenvalue weighted by molar-refractivity contribution is -0.149. The van der Waals surface area contributed by atoms with Gasteiger partial charge in [-0.25, -0.2) is 0 Å². The molecule has 136 valence electrons. The molecule has 2 aliphatic rings. The lowest BCUT2D eigenvalue weighted by atomic mass is 9.81. The molecule has 2 rings (SSSR count). The molecule has 0 heterocycles. The van der Waals surface area contributed by atoms with Gasteiger partial charge in [-0.2, -0.15) is 0 Å². The SMILES string of the molecule is O=C(O)[C@@H]1CCC[C@@H](C(=O)O)C1.O=C(O)[C@H]1CCC[C@H](C(=O)O)C1. The predicted molar refractivity (Wildman–Crippen MR) is 81.4 cm³/mol. The normalized spacial score (nSPS) is 29.7. The Labute approximate surface area is 139 Å². The molecule has 8 heteroatoms. The van der Waals surface area contributed by atoms with Crippen molar-refractivity contribution in [2.24, 2.45) is 23.7 Å². The summed E-state index contributed by atoms with van der Waals surface area (Å²) in [6.45, 7) is 0. The molecule has 2 saturated carbocycles. The second kappa shape index (κ2) is 9.24. The molecule has 24 heavy (non-hydrogen) atoms. The molecule has 2 aliphatic carbocycles. The van der Waals surface area contributed by atoms with Gasteiger partial charge in [0.1, 0.15) is 0 Å². The minimum Gasteiger partial charge on any atom is -0.481 e. The van der Waals surface area contributed by atoms with Crippen LogP contribution in [-0.2, 0) is 19.2 Å². The zero-order chi connectivity index (χ0) is 18.3. The summed E-state index contributed by atoms with van der Waals surface area (Å²) in [5.74, 6) is -5.22. The first-order valence-corrected chi connectivity index (χ1v) is 8.13. The second-order valence-corrected chi connectivity index (χ2v) is 6.47. The van der Waals surface area contributed by atoms with Gasteiger partial charge in [-0.1, -0.05) is 12.8 Å². The lowest BCUT2D eigenvalue weighted by Crippen LogP contribution is -2.26. The fraction of sp³-hybridized carbons (Fsp3) is 0.750. The van der Waals surface area contributed by atoms with Gasteiger partial charge in [-0.15, -0.1) is 0 Å². The fourth-order valence-corrected chi connectivity index (χ4v) is 3.28. The van der Waals surface area contributed by atoms with Crippen molar-refractivity contribution in [2.75, 3.05) is 0 Å². The van der Waals surface area contributed by atoms with E-state index in [1.807, 2.05) is 0 Å². The molecule has 4 atom stereocenters. The Bertz CT molecular complexity index is 402. The van der Waals surface area contributed by atoms with Gasteiger partial charge in [-0.05, 0) is 38.5 Å². The zero-order valence-electron chi connectivity index (χ0n) is 13.4. The van der Waals surface area contributed by atoms with E-state index in [4.69, 9.17) is 20.4 Å². The monoisotopic (exact) mass is 344 g/mol. The zero-order valence-corrected chi connectivity index (χ0v) is 13.4. The van der Waals surface area contributed by atoms with E-state index in [2.05, 4.69) is 0 Å². The Morgan fingerprint density at radius 3 is 0.875 bits per heavy atom. The van der Waals surface area contributed by atoms with Crippen LogP contribution in [0.25, 0.3) is 0 Å². The topological polar surface area (TPSA) is 149 Å². The van der Waals surface area contributed by atoms with Gasteiger partial charge in [0, 0.05) is 0 Å². The van der Waals surface area contributed by atoms with Crippen LogP contribution in [-0.4, -0.2) is 44.3 Å².